The van der Waals surface area contributed by atoms with Gasteiger partial charge in [-0.15, -0.1) is 4.59 Å². The van der Waals surface area contributed by atoms with Gasteiger partial charge >= 0.3 is 0 Å². The molecule has 3 aliphatic heterocycles. The fraction of sp³-hybridized carbons (Fsp3) is 0.600. The lowest BCUT2D eigenvalue weighted by atomic mass is 9.76. The fourth-order valence-corrected chi connectivity index (χ4v) is 4.37. The van der Waals surface area contributed by atoms with Crippen molar-refractivity contribution in [2.24, 2.45) is 21.7 Å². The van der Waals surface area contributed by atoms with Crippen molar-refractivity contribution in [2.45, 2.75) is 18.9 Å². The first-order chi connectivity index (χ1) is 10.6. The molecule has 2 N–H and O–H groups in total. The highest BCUT2D eigenvalue weighted by atomic mass is 127. The van der Waals surface area contributed by atoms with E-state index < -0.39 is 0 Å². The molecule has 0 spiro atoms. The highest BCUT2D eigenvalue weighted by Crippen LogP contribution is 2.43. The van der Waals surface area contributed by atoms with E-state index in [9.17, 15) is 0 Å². The average molecular weight is 413 g/mol. The van der Waals surface area contributed by atoms with Crippen LogP contribution >= 0.6 is 22.6 Å². The minimum absolute atomic E-state index is 0.203. The van der Waals surface area contributed by atoms with Crippen molar-refractivity contribution in [1.82, 2.24) is 9.80 Å². The lowest BCUT2D eigenvalue weighted by Gasteiger charge is -2.45. The summed E-state index contributed by atoms with van der Waals surface area (Å²) in [5.74, 6) is 6.99. The lowest BCUT2D eigenvalue weighted by molar-refractivity contribution is -0.745. The number of likely N-dealkylation sites (N-methyl/N-ethyl adjacent to an activating group) is 1. The van der Waals surface area contributed by atoms with Crippen LogP contribution < -0.4 is 5.84 Å². The molecule has 4 rings (SSSR count). The van der Waals surface area contributed by atoms with Crippen LogP contribution in [0, 0.1) is 5.92 Å². The van der Waals surface area contributed by atoms with Crippen molar-refractivity contribution in [1.29, 1.82) is 0 Å². The molecule has 0 aromatic heterocycles. The Morgan fingerprint density at radius 2 is 2.00 bits per heavy atom. The predicted octanol–water partition coefficient (Wildman–Crippen LogP) is 1.27. The van der Waals surface area contributed by atoms with Crippen LogP contribution in [0.3, 0.4) is 0 Å². The van der Waals surface area contributed by atoms with Crippen LogP contribution in [0.2, 0.25) is 0 Å². The monoisotopic (exact) mass is 413 g/mol. The van der Waals surface area contributed by atoms with Gasteiger partial charge in [-0.05, 0) is 19.9 Å². The van der Waals surface area contributed by atoms with Crippen molar-refractivity contribution in [2.75, 3.05) is 33.2 Å². The zero-order valence-electron chi connectivity index (χ0n) is 12.8. The highest BCUT2D eigenvalue weighted by molar-refractivity contribution is 14.1. The summed E-state index contributed by atoms with van der Waals surface area (Å²) in [5.41, 5.74) is 2.21. The van der Waals surface area contributed by atoms with Crippen LogP contribution in [0.4, 0.5) is 0 Å². The Labute approximate surface area is 144 Å². The van der Waals surface area contributed by atoms with E-state index in [1.54, 1.807) is 6.20 Å². The number of nitrogens with zero attached hydrogens (tertiary/aromatic N) is 5. The van der Waals surface area contributed by atoms with Gasteiger partial charge in [0.15, 0.2) is 0 Å². The number of allylic oxidation sites excluding steroid dienone is 2. The second kappa shape index (κ2) is 5.48. The number of rotatable bonds is 2. The summed E-state index contributed by atoms with van der Waals surface area (Å²) in [5, 5.41) is 0. The SMILES string of the molecule is CN1CCN(C2CC(C3=C4C=NC=C[N+]4(N)C(I)=N3)C2)CC1. The zero-order valence-corrected chi connectivity index (χ0v) is 15.0. The summed E-state index contributed by atoms with van der Waals surface area (Å²) in [6.07, 6.45) is 7.95. The maximum atomic E-state index is 6.45. The highest BCUT2D eigenvalue weighted by Gasteiger charge is 2.47. The zero-order chi connectivity index (χ0) is 15.3. The van der Waals surface area contributed by atoms with Crippen molar-refractivity contribution < 1.29 is 4.59 Å². The molecule has 2 fully saturated rings. The number of halogens is 1. The Bertz CT molecular complexity index is 595. The topological polar surface area (TPSA) is 57.2 Å². The maximum Gasteiger partial charge on any atom is 0.293 e. The van der Waals surface area contributed by atoms with Crippen LogP contribution in [-0.2, 0) is 0 Å². The molecule has 0 amide bonds. The Balaban J connectivity index is 1.46. The molecule has 22 heavy (non-hydrogen) atoms. The molecule has 1 saturated heterocycles. The van der Waals surface area contributed by atoms with Crippen molar-refractivity contribution in [3.8, 4) is 0 Å². The summed E-state index contributed by atoms with van der Waals surface area (Å²) in [6.45, 7) is 4.76. The Morgan fingerprint density at radius 1 is 1.27 bits per heavy atom. The van der Waals surface area contributed by atoms with Crippen LogP contribution in [0.1, 0.15) is 12.8 Å². The van der Waals surface area contributed by atoms with Crippen molar-refractivity contribution in [3.05, 3.63) is 23.8 Å². The van der Waals surface area contributed by atoms with Crippen molar-refractivity contribution in [3.63, 3.8) is 0 Å². The Kier molecular flexibility index (Phi) is 3.73. The van der Waals surface area contributed by atoms with Gasteiger partial charge in [-0.3, -0.25) is 9.89 Å². The van der Waals surface area contributed by atoms with Crippen molar-refractivity contribution >= 4 is 32.6 Å². The van der Waals surface area contributed by atoms with E-state index in [2.05, 4.69) is 44.4 Å². The Morgan fingerprint density at radius 3 is 2.73 bits per heavy atom. The molecule has 118 valence electrons. The summed E-state index contributed by atoms with van der Waals surface area (Å²) in [7, 11) is 2.21. The van der Waals surface area contributed by atoms with E-state index in [-0.39, 0.29) is 4.59 Å². The molecule has 1 saturated carbocycles. The van der Waals surface area contributed by atoms with Gasteiger partial charge in [-0.25, -0.2) is 0 Å². The molecule has 0 radical (unpaired) electrons. The van der Waals surface area contributed by atoms with E-state index in [4.69, 9.17) is 10.8 Å². The van der Waals surface area contributed by atoms with Crippen LogP contribution in [-0.4, -0.2) is 63.7 Å². The largest absolute Gasteiger partial charge is 0.304 e. The first-order valence-corrected chi connectivity index (χ1v) is 8.96. The second-order valence-corrected chi connectivity index (χ2v) is 7.63. The molecule has 0 aromatic rings. The molecule has 0 aromatic carbocycles. The lowest BCUT2D eigenvalue weighted by Crippen LogP contribution is -2.53. The van der Waals surface area contributed by atoms with Gasteiger partial charge in [-0.1, -0.05) is 0 Å². The number of hydrogen-bond donors (Lipinski definition) is 1. The van der Waals surface area contributed by atoms with Crippen LogP contribution in [0.5, 0.6) is 0 Å². The molecule has 1 atom stereocenters. The maximum absolute atomic E-state index is 6.45. The number of hydrogen-bond acceptors (Lipinski definition) is 5. The summed E-state index contributed by atoms with van der Waals surface area (Å²) < 4.78 is 1.11. The number of fused-ring (bicyclic) bond motifs is 1. The third-order valence-corrected chi connectivity index (χ3v) is 6.36. The first-order valence-electron chi connectivity index (χ1n) is 7.88. The Hall–Kier alpha value is -0.610. The van der Waals surface area contributed by atoms with E-state index >= 15 is 0 Å². The minimum atomic E-state index is 0.203. The van der Waals surface area contributed by atoms with Gasteiger partial charge < -0.3 is 4.90 Å². The number of aliphatic imine (C=N–C) groups is 2. The summed E-state index contributed by atoms with van der Waals surface area (Å²) in [6, 6.07) is 0.719. The number of nitrogens with two attached hydrogens (primary N) is 1. The molecule has 6 nitrogen and oxygen atoms in total. The smallest absolute Gasteiger partial charge is 0.293 e. The summed E-state index contributed by atoms with van der Waals surface area (Å²) >= 11 is 2.25. The third-order valence-electron chi connectivity index (χ3n) is 5.32. The average Bonchev–Trinajstić information content (AvgIpc) is 2.72. The van der Waals surface area contributed by atoms with Crippen LogP contribution in [0.25, 0.3) is 0 Å². The molecule has 7 heteroatoms. The number of piperazine rings is 1. The fourth-order valence-electron chi connectivity index (χ4n) is 3.69. The quantitative estimate of drug-likeness (QED) is 0.321. The van der Waals surface area contributed by atoms with Gasteiger partial charge in [0.05, 0.1) is 35.0 Å². The van der Waals surface area contributed by atoms with Crippen LogP contribution in [0.15, 0.2) is 33.8 Å². The number of amidine groups is 1. The molecular weight excluding hydrogens is 391 g/mol. The van der Waals surface area contributed by atoms with E-state index in [1.165, 1.54) is 39.0 Å². The molecule has 0 bridgehead atoms. The van der Waals surface area contributed by atoms with E-state index in [0.29, 0.717) is 5.92 Å². The normalized spacial score (nSPS) is 39.0. The molecule has 1 aliphatic carbocycles. The van der Waals surface area contributed by atoms with Gasteiger partial charge in [0.2, 0.25) is 5.70 Å². The second-order valence-electron chi connectivity index (χ2n) is 6.67. The predicted molar refractivity (Wildman–Crippen MR) is 96.1 cm³/mol. The van der Waals surface area contributed by atoms with E-state index in [0.717, 1.165) is 21.3 Å². The van der Waals surface area contributed by atoms with Gasteiger partial charge in [0.25, 0.3) is 3.84 Å². The molecular formula is C15H22IN6+. The third kappa shape index (κ3) is 2.30. The summed E-state index contributed by atoms with van der Waals surface area (Å²) in [4.78, 5) is 14.1. The minimum Gasteiger partial charge on any atom is -0.304 e. The van der Waals surface area contributed by atoms with Gasteiger partial charge in [0, 0.05) is 38.1 Å². The molecule has 3 heterocycles. The molecule has 4 aliphatic rings. The standard InChI is InChI=1S/C15H22IN6/c1-20-3-5-21(6-4-20)12-8-11(9-12)14-13-10-18-2-7-22(13,17)15(16)19-14/h2,7,10-12H,3-6,8-9,17H2,1H3/q+1. The first kappa shape index (κ1) is 14.9. The van der Waals surface area contributed by atoms with E-state index in [1.807, 2.05) is 12.4 Å². The number of quaternary nitrogens is 1. The van der Waals surface area contributed by atoms with Gasteiger partial charge in [0.1, 0.15) is 11.9 Å². The molecule has 1 unspecified atom stereocenters. The van der Waals surface area contributed by atoms with Gasteiger partial charge in [-0.2, -0.15) is 10.8 Å².